The summed E-state index contributed by atoms with van der Waals surface area (Å²) in [5, 5.41) is 0. The van der Waals surface area contributed by atoms with Crippen LogP contribution in [0, 0.1) is 18.7 Å². The van der Waals surface area contributed by atoms with Crippen LogP contribution in [0.3, 0.4) is 0 Å². The smallest absolute Gasteiger partial charge is 0.243 e. The second-order valence-corrected chi connectivity index (χ2v) is 7.47. The molecule has 2 N–H and O–H groups in total. The van der Waals surface area contributed by atoms with Gasteiger partial charge in [0.2, 0.25) is 10.0 Å². The van der Waals surface area contributed by atoms with Gasteiger partial charge in [-0.15, -0.1) is 0 Å². The van der Waals surface area contributed by atoms with Gasteiger partial charge in [-0.25, -0.2) is 12.8 Å². The predicted octanol–water partition coefficient (Wildman–Crippen LogP) is 1.88. The van der Waals surface area contributed by atoms with Gasteiger partial charge in [0.15, 0.2) is 0 Å². The second-order valence-electron chi connectivity index (χ2n) is 5.54. The Morgan fingerprint density at radius 1 is 1.45 bits per heavy atom. The van der Waals surface area contributed by atoms with Crippen LogP contribution in [0.2, 0.25) is 0 Å². The molecule has 1 aromatic rings. The van der Waals surface area contributed by atoms with E-state index in [0.29, 0.717) is 18.7 Å². The molecule has 1 fully saturated rings. The molecule has 0 aliphatic carbocycles. The van der Waals surface area contributed by atoms with E-state index in [-0.39, 0.29) is 16.9 Å². The van der Waals surface area contributed by atoms with Crippen LogP contribution in [0.25, 0.3) is 0 Å². The number of piperidine rings is 1. The number of rotatable bonds is 3. The van der Waals surface area contributed by atoms with Crippen molar-refractivity contribution in [2.75, 3.05) is 13.1 Å². The molecule has 1 aliphatic heterocycles. The summed E-state index contributed by atoms with van der Waals surface area (Å²) in [6, 6.07) is 4.02. The highest BCUT2D eigenvalue weighted by Gasteiger charge is 2.31. The lowest BCUT2D eigenvalue weighted by Gasteiger charge is -2.33. The molecule has 0 bridgehead atoms. The molecule has 0 spiro atoms. The average molecular weight is 300 g/mol. The molecule has 0 aromatic heterocycles. The molecule has 1 aliphatic rings. The molecule has 4 nitrogen and oxygen atoms in total. The number of nitrogens with zero attached hydrogens (tertiary/aromatic N) is 1. The maximum atomic E-state index is 13.6. The predicted molar refractivity (Wildman–Crippen MR) is 76.3 cm³/mol. The molecular formula is C14H21FN2O2S. The van der Waals surface area contributed by atoms with Gasteiger partial charge >= 0.3 is 0 Å². The fraction of sp³-hybridized carbons (Fsp3) is 0.571. The van der Waals surface area contributed by atoms with Crippen molar-refractivity contribution in [2.24, 2.45) is 11.7 Å². The molecule has 2 rings (SSSR count). The minimum atomic E-state index is -3.63. The fourth-order valence-electron chi connectivity index (χ4n) is 2.50. The Morgan fingerprint density at radius 3 is 2.75 bits per heavy atom. The van der Waals surface area contributed by atoms with Crippen molar-refractivity contribution in [1.29, 1.82) is 0 Å². The van der Waals surface area contributed by atoms with E-state index in [1.165, 1.54) is 16.4 Å². The van der Waals surface area contributed by atoms with Crippen LogP contribution < -0.4 is 5.73 Å². The van der Waals surface area contributed by atoms with Crippen LogP contribution in [0.15, 0.2) is 23.1 Å². The standard InChI is InChI=1S/C14H21FN2O2S/c1-10-5-6-13(8-14(10)15)20(18,19)17-7-3-4-12(9-17)11(2)16/h5-6,8,11-12H,3-4,7,9,16H2,1-2H3. The third-order valence-electron chi connectivity index (χ3n) is 3.95. The van der Waals surface area contributed by atoms with E-state index in [2.05, 4.69) is 0 Å². The van der Waals surface area contributed by atoms with Crippen molar-refractivity contribution in [3.63, 3.8) is 0 Å². The van der Waals surface area contributed by atoms with E-state index in [1.54, 1.807) is 6.92 Å². The Bertz CT molecular complexity index is 587. The van der Waals surface area contributed by atoms with Crippen LogP contribution in [0.1, 0.15) is 25.3 Å². The van der Waals surface area contributed by atoms with Crippen LogP contribution in [0.5, 0.6) is 0 Å². The average Bonchev–Trinajstić information content (AvgIpc) is 2.42. The van der Waals surface area contributed by atoms with E-state index in [4.69, 9.17) is 5.73 Å². The molecule has 2 unspecified atom stereocenters. The Morgan fingerprint density at radius 2 is 2.15 bits per heavy atom. The molecular weight excluding hydrogens is 279 g/mol. The van der Waals surface area contributed by atoms with Gasteiger partial charge in [0.1, 0.15) is 5.82 Å². The van der Waals surface area contributed by atoms with Crippen molar-refractivity contribution in [3.8, 4) is 0 Å². The lowest BCUT2D eigenvalue weighted by Crippen LogP contribution is -2.44. The van der Waals surface area contributed by atoms with Gasteiger partial charge in [-0.1, -0.05) is 6.07 Å². The highest BCUT2D eigenvalue weighted by molar-refractivity contribution is 7.89. The Hall–Kier alpha value is -0.980. The molecule has 6 heteroatoms. The van der Waals surface area contributed by atoms with Gasteiger partial charge in [0.05, 0.1) is 4.90 Å². The van der Waals surface area contributed by atoms with E-state index >= 15 is 0 Å². The molecule has 1 heterocycles. The molecule has 0 radical (unpaired) electrons. The van der Waals surface area contributed by atoms with Gasteiger partial charge in [0, 0.05) is 19.1 Å². The summed E-state index contributed by atoms with van der Waals surface area (Å²) >= 11 is 0. The number of benzene rings is 1. The maximum Gasteiger partial charge on any atom is 0.243 e. The summed E-state index contributed by atoms with van der Waals surface area (Å²) in [6.45, 7) is 4.39. The Balaban J connectivity index is 2.27. The monoisotopic (exact) mass is 300 g/mol. The minimum absolute atomic E-state index is 0.0194. The zero-order chi connectivity index (χ0) is 14.9. The van der Waals surface area contributed by atoms with E-state index < -0.39 is 15.8 Å². The number of nitrogens with two attached hydrogens (primary N) is 1. The third-order valence-corrected chi connectivity index (χ3v) is 5.81. The zero-order valence-corrected chi connectivity index (χ0v) is 12.7. The highest BCUT2D eigenvalue weighted by atomic mass is 32.2. The van der Waals surface area contributed by atoms with Gasteiger partial charge in [-0.3, -0.25) is 0 Å². The van der Waals surface area contributed by atoms with Gasteiger partial charge in [0.25, 0.3) is 0 Å². The van der Waals surface area contributed by atoms with Crippen molar-refractivity contribution in [3.05, 3.63) is 29.6 Å². The number of halogens is 1. The summed E-state index contributed by atoms with van der Waals surface area (Å²) in [6.07, 6.45) is 1.73. The number of hydrogen-bond acceptors (Lipinski definition) is 3. The topological polar surface area (TPSA) is 63.4 Å². The summed E-state index contributed by atoms with van der Waals surface area (Å²) in [5.41, 5.74) is 6.31. The SMILES string of the molecule is Cc1ccc(S(=O)(=O)N2CCCC(C(C)N)C2)cc1F. The molecule has 0 amide bonds. The normalized spacial score (nSPS) is 22.7. The first-order chi connectivity index (χ1) is 9.32. The summed E-state index contributed by atoms with van der Waals surface area (Å²) in [4.78, 5) is 0.0194. The Kier molecular flexibility index (Phi) is 4.46. The van der Waals surface area contributed by atoms with Gasteiger partial charge < -0.3 is 5.73 Å². The van der Waals surface area contributed by atoms with Crippen LogP contribution >= 0.6 is 0 Å². The van der Waals surface area contributed by atoms with Crippen molar-refractivity contribution in [1.82, 2.24) is 4.31 Å². The lowest BCUT2D eigenvalue weighted by atomic mass is 9.93. The number of hydrogen-bond donors (Lipinski definition) is 1. The van der Waals surface area contributed by atoms with Crippen molar-refractivity contribution >= 4 is 10.0 Å². The van der Waals surface area contributed by atoms with Crippen molar-refractivity contribution < 1.29 is 12.8 Å². The first-order valence-electron chi connectivity index (χ1n) is 6.84. The van der Waals surface area contributed by atoms with Gasteiger partial charge in [-0.2, -0.15) is 4.31 Å². The molecule has 1 aromatic carbocycles. The van der Waals surface area contributed by atoms with Crippen LogP contribution in [0.4, 0.5) is 4.39 Å². The summed E-state index contributed by atoms with van der Waals surface area (Å²) in [7, 11) is -3.63. The minimum Gasteiger partial charge on any atom is -0.328 e. The number of sulfonamides is 1. The second kappa shape index (κ2) is 5.79. The van der Waals surface area contributed by atoms with Crippen molar-refractivity contribution in [2.45, 2.75) is 37.6 Å². The summed E-state index contributed by atoms with van der Waals surface area (Å²) in [5.74, 6) is -0.333. The van der Waals surface area contributed by atoms with E-state index in [0.717, 1.165) is 18.9 Å². The Labute approximate surface area is 119 Å². The lowest BCUT2D eigenvalue weighted by molar-refractivity contribution is 0.243. The van der Waals surface area contributed by atoms with Crippen LogP contribution in [-0.4, -0.2) is 31.9 Å². The zero-order valence-electron chi connectivity index (χ0n) is 11.8. The molecule has 2 atom stereocenters. The van der Waals surface area contributed by atoms with E-state index in [1.807, 2.05) is 6.92 Å². The molecule has 0 saturated carbocycles. The molecule has 112 valence electrons. The quantitative estimate of drug-likeness (QED) is 0.927. The maximum absolute atomic E-state index is 13.6. The molecule has 20 heavy (non-hydrogen) atoms. The fourth-order valence-corrected chi connectivity index (χ4v) is 4.05. The van der Waals surface area contributed by atoms with Gasteiger partial charge in [-0.05, 0) is 50.3 Å². The van der Waals surface area contributed by atoms with E-state index in [9.17, 15) is 12.8 Å². The first-order valence-corrected chi connectivity index (χ1v) is 8.28. The highest BCUT2D eigenvalue weighted by Crippen LogP contribution is 2.25. The summed E-state index contributed by atoms with van der Waals surface area (Å²) < 4.78 is 40.1. The van der Waals surface area contributed by atoms with Crippen LogP contribution in [-0.2, 0) is 10.0 Å². The third kappa shape index (κ3) is 3.02. The number of aryl methyl sites for hydroxylation is 1. The largest absolute Gasteiger partial charge is 0.328 e. The first kappa shape index (κ1) is 15.4. The molecule has 1 saturated heterocycles.